The molecule has 0 unspecified atom stereocenters. The molecule has 3 rings (SSSR count). The Morgan fingerprint density at radius 1 is 1.22 bits per heavy atom. The van der Waals surface area contributed by atoms with E-state index in [2.05, 4.69) is 35.4 Å². The number of hydrogen-bond acceptors (Lipinski definition) is 3. The molecule has 0 aliphatic heterocycles. The molecule has 0 saturated carbocycles. The molecule has 0 aliphatic carbocycles. The van der Waals surface area contributed by atoms with Crippen molar-refractivity contribution in [2.45, 2.75) is 6.92 Å². The van der Waals surface area contributed by atoms with Crippen molar-refractivity contribution in [3.05, 3.63) is 48.9 Å². The van der Waals surface area contributed by atoms with Crippen LogP contribution in [0.3, 0.4) is 0 Å². The fraction of sp³-hybridized carbons (Fsp3) is 0.133. The first kappa shape index (κ1) is 10.8. The Hall–Kier alpha value is -2.29. The van der Waals surface area contributed by atoms with Crippen LogP contribution in [0.5, 0.6) is 0 Å². The van der Waals surface area contributed by atoms with Gasteiger partial charge in [-0.2, -0.15) is 0 Å². The number of pyridine rings is 1. The smallest absolute Gasteiger partial charge is 0.133 e. The lowest BCUT2D eigenvalue weighted by Crippen LogP contribution is -1.97. The summed E-state index contributed by atoms with van der Waals surface area (Å²) in [4.78, 5) is 4.41. The SMILES string of the molecule is CCNc1ccnc2cc(-c3ccco3)ccc12. The second-order valence-corrected chi connectivity index (χ2v) is 4.10. The first-order chi connectivity index (χ1) is 8.88. The van der Waals surface area contributed by atoms with E-state index in [0.717, 1.165) is 34.5 Å². The van der Waals surface area contributed by atoms with Crippen molar-refractivity contribution >= 4 is 16.6 Å². The van der Waals surface area contributed by atoms with Gasteiger partial charge in [0, 0.05) is 29.4 Å². The molecule has 0 bridgehead atoms. The maximum absolute atomic E-state index is 5.40. The molecule has 2 heterocycles. The van der Waals surface area contributed by atoms with Gasteiger partial charge in [-0.05, 0) is 37.3 Å². The monoisotopic (exact) mass is 238 g/mol. The summed E-state index contributed by atoms with van der Waals surface area (Å²) in [7, 11) is 0. The lowest BCUT2D eigenvalue weighted by Gasteiger charge is -2.07. The van der Waals surface area contributed by atoms with Gasteiger partial charge in [0.2, 0.25) is 0 Å². The fourth-order valence-electron chi connectivity index (χ4n) is 2.09. The number of nitrogens with zero attached hydrogens (tertiary/aromatic N) is 1. The Kier molecular flexibility index (Phi) is 2.73. The summed E-state index contributed by atoms with van der Waals surface area (Å²) >= 11 is 0. The highest BCUT2D eigenvalue weighted by Crippen LogP contribution is 2.27. The lowest BCUT2D eigenvalue weighted by atomic mass is 10.1. The number of fused-ring (bicyclic) bond motifs is 1. The number of furan rings is 1. The highest BCUT2D eigenvalue weighted by Gasteiger charge is 2.05. The molecular formula is C15H14N2O. The molecule has 0 saturated heterocycles. The third-order valence-corrected chi connectivity index (χ3v) is 2.92. The minimum atomic E-state index is 0.868. The van der Waals surface area contributed by atoms with Gasteiger partial charge in [0.15, 0.2) is 0 Å². The largest absolute Gasteiger partial charge is 0.464 e. The first-order valence-electron chi connectivity index (χ1n) is 6.05. The molecule has 1 N–H and O–H groups in total. The molecule has 3 nitrogen and oxygen atoms in total. The third-order valence-electron chi connectivity index (χ3n) is 2.92. The van der Waals surface area contributed by atoms with Crippen LogP contribution in [0, 0.1) is 0 Å². The van der Waals surface area contributed by atoms with Crippen molar-refractivity contribution in [3.8, 4) is 11.3 Å². The molecule has 3 aromatic rings. The van der Waals surface area contributed by atoms with Gasteiger partial charge in [-0.15, -0.1) is 0 Å². The molecule has 0 radical (unpaired) electrons. The third kappa shape index (κ3) is 1.84. The van der Waals surface area contributed by atoms with Crippen LogP contribution >= 0.6 is 0 Å². The highest BCUT2D eigenvalue weighted by molar-refractivity contribution is 5.93. The van der Waals surface area contributed by atoms with Gasteiger partial charge in [-0.25, -0.2) is 0 Å². The van der Waals surface area contributed by atoms with Gasteiger partial charge in [0.25, 0.3) is 0 Å². The first-order valence-corrected chi connectivity index (χ1v) is 6.05. The number of rotatable bonds is 3. The highest BCUT2D eigenvalue weighted by atomic mass is 16.3. The Morgan fingerprint density at radius 2 is 2.17 bits per heavy atom. The zero-order valence-corrected chi connectivity index (χ0v) is 10.2. The molecule has 0 atom stereocenters. The van der Waals surface area contributed by atoms with Gasteiger partial charge in [0.1, 0.15) is 5.76 Å². The van der Waals surface area contributed by atoms with E-state index in [1.165, 1.54) is 0 Å². The molecule has 0 fully saturated rings. The number of aromatic nitrogens is 1. The Bertz CT molecular complexity index is 659. The second-order valence-electron chi connectivity index (χ2n) is 4.10. The molecule has 0 amide bonds. The van der Waals surface area contributed by atoms with Crippen LogP contribution in [0.15, 0.2) is 53.3 Å². The van der Waals surface area contributed by atoms with E-state index in [4.69, 9.17) is 4.42 Å². The molecule has 0 aliphatic rings. The minimum Gasteiger partial charge on any atom is -0.464 e. The van der Waals surface area contributed by atoms with E-state index >= 15 is 0 Å². The molecular weight excluding hydrogens is 224 g/mol. The van der Waals surface area contributed by atoms with Crippen LogP contribution in [0.2, 0.25) is 0 Å². The summed E-state index contributed by atoms with van der Waals surface area (Å²) in [5.41, 5.74) is 3.14. The average Bonchev–Trinajstić information content (AvgIpc) is 2.93. The lowest BCUT2D eigenvalue weighted by molar-refractivity contribution is 0.582. The topological polar surface area (TPSA) is 38.1 Å². The minimum absolute atomic E-state index is 0.868. The summed E-state index contributed by atoms with van der Waals surface area (Å²) < 4.78 is 5.40. The van der Waals surface area contributed by atoms with E-state index in [1.807, 2.05) is 24.4 Å². The Balaban J connectivity index is 2.13. The van der Waals surface area contributed by atoms with Crippen LogP contribution in [0.1, 0.15) is 6.92 Å². The number of nitrogens with one attached hydrogen (secondary N) is 1. The quantitative estimate of drug-likeness (QED) is 0.751. The van der Waals surface area contributed by atoms with Gasteiger partial charge >= 0.3 is 0 Å². The molecule has 1 aromatic carbocycles. The maximum Gasteiger partial charge on any atom is 0.133 e. The van der Waals surface area contributed by atoms with Gasteiger partial charge in [0.05, 0.1) is 11.8 Å². The number of anilines is 1. The van der Waals surface area contributed by atoms with Crippen LogP contribution < -0.4 is 5.32 Å². The number of benzene rings is 1. The van der Waals surface area contributed by atoms with E-state index < -0.39 is 0 Å². The Morgan fingerprint density at radius 3 is 2.94 bits per heavy atom. The fourth-order valence-corrected chi connectivity index (χ4v) is 2.09. The maximum atomic E-state index is 5.40. The molecule has 18 heavy (non-hydrogen) atoms. The Labute approximate surface area is 105 Å². The van der Waals surface area contributed by atoms with Gasteiger partial charge in [-0.3, -0.25) is 4.98 Å². The normalized spacial score (nSPS) is 10.7. The van der Waals surface area contributed by atoms with Gasteiger partial charge < -0.3 is 9.73 Å². The van der Waals surface area contributed by atoms with Crippen molar-refractivity contribution < 1.29 is 4.42 Å². The van der Waals surface area contributed by atoms with Gasteiger partial charge in [-0.1, -0.05) is 6.07 Å². The van der Waals surface area contributed by atoms with E-state index in [-0.39, 0.29) is 0 Å². The molecule has 3 heteroatoms. The summed E-state index contributed by atoms with van der Waals surface area (Å²) in [5, 5.41) is 4.48. The second kappa shape index (κ2) is 4.53. The van der Waals surface area contributed by atoms with Crippen molar-refractivity contribution in [2.24, 2.45) is 0 Å². The van der Waals surface area contributed by atoms with Crippen LogP contribution in [0.4, 0.5) is 5.69 Å². The zero-order valence-electron chi connectivity index (χ0n) is 10.2. The van der Waals surface area contributed by atoms with E-state index in [1.54, 1.807) is 6.26 Å². The standard InChI is InChI=1S/C15H14N2O/c1-2-16-13-7-8-17-14-10-11(5-6-12(13)14)15-4-3-9-18-15/h3-10H,2H2,1H3,(H,16,17). The summed E-state index contributed by atoms with van der Waals surface area (Å²) in [5.74, 6) is 0.868. The predicted molar refractivity (Wildman–Crippen MR) is 73.6 cm³/mol. The average molecular weight is 238 g/mol. The number of hydrogen-bond donors (Lipinski definition) is 1. The zero-order chi connectivity index (χ0) is 12.4. The van der Waals surface area contributed by atoms with Crippen molar-refractivity contribution in [3.63, 3.8) is 0 Å². The van der Waals surface area contributed by atoms with E-state index in [0.29, 0.717) is 0 Å². The van der Waals surface area contributed by atoms with Crippen LogP contribution in [-0.2, 0) is 0 Å². The molecule has 0 spiro atoms. The van der Waals surface area contributed by atoms with Crippen molar-refractivity contribution in [1.29, 1.82) is 0 Å². The van der Waals surface area contributed by atoms with E-state index in [9.17, 15) is 0 Å². The van der Waals surface area contributed by atoms with Crippen molar-refractivity contribution in [2.75, 3.05) is 11.9 Å². The summed E-state index contributed by atoms with van der Waals surface area (Å²) in [6, 6.07) is 12.0. The van der Waals surface area contributed by atoms with Crippen molar-refractivity contribution in [1.82, 2.24) is 4.98 Å². The summed E-state index contributed by atoms with van der Waals surface area (Å²) in [6.07, 6.45) is 3.51. The molecule has 2 aromatic heterocycles. The molecule has 90 valence electrons. The van der Waals surface area contributed by atoms with Crippen LogP contribution in [0.25, 0.3) is 22.2 Å². The van der Waals surface area contributed by atoms with Crippen LogP contribution in [-0.4, -0.2) is 11.5 Å². The predicted octanol–water partition coefficient (Wildman–Crippen LogP) is 3.93. The summed E-state index contributed by atoms with van der Waals surface area (Å²) in [6.45, 7) is 2.99.